The molecule has 1 unspecified atom stereocenters. The highest BCUT2D eigenvalue weighted by Crippen LogP contribution is 2.09. The van der Waals surface area contributed by atoms with E-state index < -0.39 is 0 Å². The van der Waals surface area contributed by atoms with Gasteiger partial charge in [0.1, 0.15) is 5.82 Å². The van der Waals surface area contributed by atoms with E-state index >= 15 is 0 Å². The summed E-state index contributed by atoms with van der Waals surface area (Å²) in [7, 11) is 0. The van der Waals surface area contributed by atoms with Gasteiger partial charge in [0.15, 0.2) is 0 Å². The molecule has 0 fully saturated rings. The summed E-state index contributed by atoms with van der Waals surface area (Å²) in [5.74, 6) is -0.281. The lowest BCUT2D eigenvalue weighted by Gasteiger charge is -2.12. The fraction of sp³-hybridized carbons (Fsp3) is 0.583. The van der Waals surface area contributed by atoms with Gasteiger partial charge in [-0.3, -0.25) is 4.98 Å². The maximum absolute atomic E-state index is 12.6. The van der Waals surface area contributed by atoms with Gasteiger partial charge in [-0.25, -0.2) is 4.39 Å². The highest BCUT2D eigenvalue weighted by molar-refractivity contribution is 5.08. The Bertz CT molecular complexity index is 271. The van der Waals surface area contributed by atoms with Crippen LogP contribution in [0, 0.1) is 5.82 Å². The van der Waals surface area contributed by atoms with E-state index in [0.717, 1.165) is 12.2 Å². The molecule has 1 N–H and O–H groups in total. The number of hydrogen-bond acceptors (Lipinski definition) is 2. The van der Waals surface area contributed by atoms with Crippen LogP contribution >= 0.6 is 0 Å². The smallest absolute Gasteiger partial charge is 0.141 e. The highest BCUT2D eigenvalue weighted by atomic mass is 19.1. The Kier molecular flexibility index (Phi) is 5.26. The minimum Gasteiger partial charge on any atom is -0.309 e. The summed E-state index contributed by atoms with van der Waals surface area (Å²) >= 11 is 0. The van der Waals surface area contributed by atoms with E-state index in [4.69, 9.17) is 0 Å². The topological polar surface area (TPSA) is 24.9 Å². The maximum atomic E-state index is 12.6. The quantitative estimate of drug-likeness (QED) is 0.730. The molecular formula is C12H19FN2. The van der Waals surface area contributed by atoms with Crippen LogP contribution in [-0.2, 0) is 0 Å². The van der Waals surface area contributed by atoms with Crippen molar-refractivity contribution in [1.29, 1.82) is 0 Å². The third-order valence-electron chi connectivity index (χ3n) is 2.42. The molecule has 1 aromatic rings. The van der Waals surface area contributed by atoms with Gasteiger partial charge >= 0.3 is 0 Å². The molecule has 0 aliphatic heterocycles. The van der Waals surface area contributed by atoms with Gasteiger partial charge in [0.2, 0.25) is 0 Å². The molecule has 0 aliphatic rings. The summed E-state index contributed by atoms with van der Waals surface area (Å²) in [6, 6.07) is 3.38. The summed E-state index contributed by atoms with van der Waals surface area (Å²) in [5.41, 5.74) is 0.896. The first-order valence-electron chi connectivity index (χ1n) is 5.59. The second-order valence-corrected chi connectivity index (χ2v) is 3.78. The van der Waals surface area contributed by atoms with E-state index in [9.17, 15) is 4.39 Å². The molecule has 0 spiro atoms. The molecule has 1 aromatic heterocycles. The number of aromatic nitrogens is 1. The van der Waals surface area contributed by atoms with Crippen molar-refractivity contribution in [3.8, 4) is 0 Å². The fourth-order valence-corrected chi connectivity index (χ4v) is 1.44. The number of pyridine rings is 1. The van der Waals surface area contributed by atoms with E-state index in [1.54, 1.807) is 6.07 Å². The zero-order valence-corrected chi connectivity index (χ0v) is 9.46. The molecule has 0 saturated carbocycles. The van der Waals surface area contributed by atoms with Gasteiger partial charge in [-0.2, -0.15) is 0 Å². The van der Waals surface area contributed by atoms with Crippen molar-refractivity contribution in [1.82, 2.24) is 10.3 Å². The van der Waals surface area contributed by atoms with Crippen LogP contribution in [0.2, 0.25) is 0 Å². The third-order valence-corrected chi connectivity index (χ3v) is 2.42. The fourth-order valence-electron chi connectivity index (χ4n) is 1.44. The number of nitrogens with zero attached hydrogens (tertiary/aromatic N) is 1. The molecule has 1 heterocycles. The molecular weight excluding hydrogens is 191 g/mol. The second-order valence-electron chi connectivity index (χ2n) is 3.78. The molecule has 3 heteroatoms. The lowest BCUT2D eigenvalue weighted by atomic mass is 10.2. The Balaban J connectivity index is 2.33. The Labute approximate surface area is 90.9 Å². The van der Waals surface area contributed by atoms with Crippen molar-refractivity contribution in [3.05, 3.63) is 29.8 Å². The SMILES string of the molecule is CCCCCNC(C)c1ccc(F)cn1. The molecule has 1 atom stereocenters. The van der Waals surface area contributed by atoms with Crippen LogP contribution in [0.1, 0.15) is 44.8 Å². The van der Waals surface area contributed by atoms with Crippen molar-refractivity contribution < 1.29 is 4.39 Å². The summed E-state index contributed by atoms with van der Waals surface area (Å²) in [6.07, 6.45) is 4.92. The minimum atomic E-state index is -0.281. The third kappa shape index (κ3) is 4.38. The molecule has 0 amide bonds. The van der Waals surface area contributed by atoms with Crippen molar-refractivity contribution in [2.75, 3.05) is 6.54 Å². The number of halogens is 1. The second kappa shape index (κ2) is 6.51. The first-order chi connectivity index (χ1) is 7.24. The largest absolute Gasteiger partial charge is 0.309 e. The van der Waals surface area contributed by atoms with Crippen LogP contribution < -0.4 is 5.32 Å². The standard InChI is InChI=1S/C12H19FN2/c1-3-4-5-8-14-10(2)12-7-6-11(13)9-15-12/h6-7,9-10,14H,3-5,8H2,1-2H3. The molecule has 0 aliphatic carbocycles. The maximum Gasteiger partial charge on any atom is 0.141 e. The molecule has 2 nitrogen and oxygen atoms in total. The predicted octanol–water partition coefficient (Wildman–Crippen LogP) is 3.06. The lowest BCUT2D eigenvalue weighted by molar-refractivity contribution is 0.531. The number of unbranched alkanes of at least 4 members (excludes halogenated alkanes) is 2. The van der Waals surface area contributed by atoms with Crippen molar-refractivity contribution in [2.45, 2.75) is 39.2 Å². The van der Waals surface area contributed by atoms with Crippen LogP contribution in [0.5, 0.6) is 0 Å². The average Bonchev–Trinajstić information content (AvgIpc) is 2.25. The minimum absolute atomic E-state index is 0.197. The van der Waals surface area contributed by atoms with Crippen LogP contribution in [-0.4, -0.2) is 11.5 Å². The molecule has 84 valence electrons. The Hall–Kier alpha value is -0.960. The number of rotatable bonds is 6. The van der Waals surface area contributed by atoms with Gasteiger partial charge in [0.05, 0.1) is 11.9 Å². The molecule has 0 saturated heterocycles. The van der Waals surface area contributed by atoms with Crippen LogP contribution in [0.25, 0.3) is 0 Å². The molecule has 0 bridgehead atoms. The van der Waals surface area contributed by atoms with Crippen molar-refractivity contribution in [3.63, 3.8) is 0 Å². The highest BCUT2D eigenvalue weighted by Gasteiger charge is 2.05. The average molecular weight is 210 g/mol. The van der Waals surface area contributed by atoms with Gasteiger partial charge in [0.25, 0.3) is 0 Å². The molecule has 1 rings (SSSR count). The van der Waals surface area contributed by atoms with E-state index in [1.807, 2.05) is 6.92 Å². The normalized spacial score (nSPS) is 12.7. The van der Waals surface area contributed by atoms with Gasteiger partial charge in [0, 0.05) is 6.04 Å². The summed E-state index contributed by atoms with van der Waals surface area (Å²) < 4.78 is 12.6. The lowest BCUT2D eigenvalue weighted by Crippen LogP contribution is -2.20. The van der Waals surface area contributed by atoms with Crippen LogP contribution in [0.4, 0.5) is 4.39 Å². The van der Waals surface area contributed by atoms with Gasteiger partial charge in [-0.05, 0) is 32.0 Å². The van der Waals surface area contributed by atoms with E-state index in [1.165, 1.54) is 31.5 Å². The summed E-state index contributed by atoms with van der Waals surface area (Å²) in [5, 5.41) is 3.37. The molecule has 0 aromatic carbocycles. The first-order valence-corrected chi connectivity index (χ1v) is 5.59. The number of hydrogen-bond donors (Lipinski definition) is 1. The zero-order chi connectivity index (χ0) is 11.1. The Morgan fingerprint density at radius 1 is 1.40 bits per heavy atom. The Morgan fingerprint density at radius 3 is 2.80 bits per heavy atom. The first kappa shape index (κ1) is 12.1. The van der Waals surface area contributed by atoms with E-state index in [0.29, 0.717) is 0 Å². The van der Waals surface area contributed by atoms with Crippen LogP contribution in [0.15, 0.2) is 18.3 Å². The summed E-state index contributed by atoms with van der Waals surface area (Å²) in [6.45, 7) is 5.23. The number of nitrogens with one attached hydrogen (secondary N) is 1. The van der Waals surface area contributed by atoms with Gasteiger partial charge in [-0.1, -0.05) is 19.8 Å². The monoisotopic (exact) mass is 210 g/mol. The Morgan fingerprint density at radius 2 is 2.20 bits per heavy atom. The van der Waals surface area contributed by atoms with Crippen molar-refractivity contribution >= 4 is 0 Å². The zero-order valence-electron chi connectivity index (χ0n) is 9.46. The van der Waals surface area contributed by atoms with E-state index in [2.05, 4.69) is 17.2 Å². The predicted molar refractivity (Wildman–Crippen MR) is 60.1 cm³/mol. The van der Waals surface area contributed by atoms with E-state index in [-0.39, 0.29) is 11.9 Å². The molecule has 15 heavy (non-hydrogen) atoms. The van der Waals surface area contributed by atoms with Crippen molar-refractivity contribution in [2.24, 2.45) is 0 Å². The van der Waals surface area contributed by atoms with Gasteiger partial charge in [-0.15, -0.1) is 0 Å². The van der Waals surface area contributed by atoms with Gasteiger partial charge < -0.3 is 5.32 Å². The van der Waals surface area contributed by atoms with Crippen LogP contribution in [0.3, 0.4) is 0 Å². The summed E-state index contributed by atoms with van der Waals surface area (Å²) in [4.78, 5) is 4.04. The molecule has 0 radical (unpaired) electrons.